The Kier molecular flexibility index (Phi) is 4.96. The molecule has 1 fully saturated rings. The van der Waals surface area contributed by atoms with Crippen LogP contribution in [0.4, 0.5) is 4.79 Å². The van der Waals surface area contributed by atoms with Gasteiger partial charge < -0.3 is 24.2 Å². The van der Waals surface area contributed by atoms with Crippen molar-refractivity contribution < 1.29 is 28.9 Å². The Morgan fingerprint density at radius 2 is 2.13 bits per heavy atom. The quantitative estimate of drug-likeness (QED) is 0.442. The van der Waals surface area contributed by atoms with Crippen molar-refractivity contribution in [2.75, 3.05) is 13.2 Å². The van der Waals surface area contributed by atoms with Gasteiger partial charge >= 0.3 is 12.1 Å². The molecule has 31 heavy (non-hydrogen) atoms. The van der Waals surface area contributed by atoms with Crippen LogP contribution in [0.1, 0.15) is 50.7 Å². The zero-order valence-corrected chi connectivity index (χ0v) is 18.0. The van der Waals surface area contributed by atoms with Gasteiger partial charge in [0.2, 0.25) is 0 Å². The van der Waals surface area contributed by atoms with Gasteiger partial charge in [-0.1, -0.05) is 31.6 Å². The fourth-order valence-electron chi connectivity index (χ4n) is 6.05. The maximum atomic E-state index is 12.6. The lowest BCUT2D eigenvalue weighted by atomic mass is 9.53. The standard InChI is InChI=1S/C24H29NO6/c1-3-5-6-19(27)30-18-10-7-14-13-16-15-8-9-17(26)22-24(15,20(14)21(18)31-22)11-12-25(16)23(28)29-4-2/h7-10,15-17,22,26H,3-6,11-13H2,1-2H3/t15-,16+,17-,22-,24-/m0/s1. The van der Waals surface area contributed by atoms with Gasteiger partial charge in [-0.05, 0) is 37.8 Å². The fourth-order valence-corrected chi connectivity index (χ4v) is 6.05. The summed E-state index contributed by atoms with van der Waals surface area (Å²) in [5, 5.41) is 10.8. The number of aliphatic hydroxyl groups is 1. The summed E-state index contributed by atoms with van der Waals surface area (Å²) < 4.78 is 17.4. The van der Waals surface area contributed by atoms with Crippen LogP contribution in [-0.2, 0) is 21.4 Å². The van der Waals surface area contributed by atoms with Gasteiger partial charge in [-0.25, -0.2) is 4.79 Å². The maximum absolute atomic E-state index is 12.6. The van der Waals surface area contributed by atoms with Crippen LogP contribution in [0.2, 0.25) is 0 Å². The number of amides is 1. The predicted molar refractivity (Wildman–Crippen MR) is 112 cm³/mol. The molecule has 2 heterocycles. The van der Waals surface area contributed by atoms with Crippen LogP contribution in [0.3, 0.4) is 0 Å². The highest BCUT2D eigenvalue weighted by molar-refractivity contribution is 5.75. The fraction of sp³-hybridized carbons (Fsp3) is 0.583. The zero-order valence-electron chi connectivity index (χ0n) is 18.0. The van der Waals surface area contributed by atoms with E-state index in [0.29, 0.717) is 43.9 Å². The van der Waals surface area contributed by atoms with Crippen LogP contribution in [0.25, 0.3) is 0 Å². The summed E-state index contributed by atoms with van der Waals surface area (Å²) in [6.45, 7) is 4.73. The second-order valence-corrected chi connectivity index (χ2v) is 8.90. The summed E-state index contributed by atoms with van der Waals surface area (Å²) in [6.07, 6.45) is 5.71. The largest absolute Gasteiger partial charge is 0.482 e. The average Bonchev–Trinajstić information content (AvgIpc) is 3.10. The molecule has 0 saturated carbocycles. The van der Waals surface area contributed by atoms with Crippen LogP contribution in [-0.4, -0.2) is 53.5 Å². The maximum Gasteiger partial charge on any atom is 0.410 e. The van der Waals surface area contributed by atoms with Gasteiger partial charge in [0.25, 0.3) is 0 Å². The molecule has 1 spiro atoms. The van der Waals surface area contributed by atoms with E-state index in [9.17, 15) is 14.7 Å². The molecule has 2 aliphatic carbocycles. The van der Waals surface area contributed by atoms with Crippen molar-refractivity contribution in [1.82, 2.24) is 4.90 Å². The number of esters is 1. The molecule has 5 rings (SSSR count). The highest BCUT2D eigenvalue weighted by Gasteiger charge is 2.65. The lowest BCUT2D eigenvalue weighted by Crippen LogP contribution is -2.66. The second-order valence-electron chi connectivity index (χ2n) is 8.90. The third-order valence-corrected chi connectivity index (χ3v) is 7.32. The SMILES string of the molecule is CCCCC(=O)Oc1ccc2c3c1O[C@H]1[C@@H](O)C=C[C@H]4[C@@H](C2)N(C(=O)OCC)CC[C@@]341. The van der Waals surface area contributed by atoms with E-state index in [2.05, 4.69) is 0 Å². The van der Waals surface area contributed by atoms with E-state index in [1.807, 2.05) is 30.9 Å². The van der Waals surface area contributed by atoms with Crippen LogP contribution in [0, 0.1) is 5.92 Å². The normalized spacial score (nSPS) is 31.6. The highest BCUT2D eigenvalue weighted by Crippen LogP contribution is 2.62. The number of aliphatic hydroxyl groups excluding tert-OH is 1. The molecule has 2 aliphatic heterocycles. The first-order valence-electron chi connectivity index (χ1n) is 11.3. The molecular formula is C24H29NO6. The molecule has 1 aromatic carbocycles. The summed E-state index contributed by atoms with van der Waals surface area (Å²) in [4.78, 5) is 26.8. The van der Waals surface area contributed by atoms with E-state index in [0.717, 1.165) is 24.0 Å². The molecule has 1 saturated heterocycles. The third-order valence-electron chi connectivity index (χ3n) is 7.32. The van der Waals surface area contributed by atoms with E-state index < -0.39 is 17.6 Å². The van der Waals surface area contributed by atoms with E-state index >= 15 is 0 Å². The number of piperidine rings is 1. The molecule has 166 valence electrons. The lowest BCUT2D eigenvalue weighted by Gasteiger charge is -2.56. The van der Waals surface area contributed by atoms with Crippen molar-refractivity contribution >= 4 is 12.1 Å². The van der Waals surface area contributed by atoms with Crippen LogP contribution >= 0.6 is 0 Å². The van der Waals surface area contributed by atoms with Crippen molar-refractivity contribution in [3.63, 3.8) is 0 Å². The van der Waals surface area contributed by atoms with E-state index in [1.165, 1.54) is 0 Å². The summed E-state index contributed by atoms with van der Waals surface area (Å²) in [5.41, 5.74) is 1.70. The molecule has 1 N–H and O–H groups in total. The molecule has 0 radical (unpaired) electrons. The Morgan fingerprint density at radius 3 is 2.90 bits per heavy atom. The van der Waals surface area contributed by atoms with Crippen molar-refractivity contribution in [3.05, 3.63) is 35.4 Å². The Labute approximate surface area is 182 Å². The van der Waals surface area contributed by atoms with Gasteiger partial charge in [0, 0.05) is 35.9 Å². The van der Waals surface area contributed by atoms with Gasteiger partial charge in [0.15, 0.2) is 11.5 Å². The minimum absolute atomic E-state index is 0.0128. The van der Waals surface area contributed by atoms with Crippen LogP contribution < -0.4 is 9.47 Å². The Balaban J connectivity index is 1.57. The first-order chi connectivity index (χ1) is 15.0. The first-order valence-corrected chi connectivity index (χ1v) is 11.3. The number of hydrogen-bond donors (Lipinski definition) is 1. The number of carbonyl (C=O) groups excluding carboxylic acids is 2. The van der Waals surface area contributed by atoms with Crippen molar-refractivity contribution in [2.24, 2.45) is 5.92 Å². The predicted octanol–water partition coefficient (Wildman–Crippen LogP) is 3.11. The van der Waals surface area contributed by atoms with Crippen LogP contribution in [0.5, 0.6) is 11.5 Å². The first kappa shape index (κ1) is 20.4. The molecule has 0 aromatic heterocycles. The number of likely N-dealkylation sites (tertiary alicyclic amines) is 1. The van der Waals surface area contributed by atoms with Gasteiger partial charge in [0.05, 0.1) is 6.61 Å². The van der Waals surface area contributed by atoms with Gasteiger partial charge in [-0.15, -0.1) is 0 Å². The molecule has 7 heteroatoms. The van der Waals surface area contributed by atoms with Gasteiger partial charge in [-0.2, -0.15) is 0 Å². The number of ether oxygens (including phenoxy) is 3. The Morgan fingerprint density at radius 1 is 1.29 bits per heavy atom. The molecule has 0 unspecified atom stereocenters. The number of rotatable bonds is 5. The number of benzene rings is 1. The van der Waals surface area contributed by atoms with E-state index in [-0.39, 0.29) is 24.0 Å². The molecule has 1 aromatic rings. The van der Waals surface area contributed by atoms with E-state index in [1.54, 1.807) is 12.1 Å². The van der Waals surface area contributed by atoms with E-state index in [4.69, 9.17) is 14.2 Å². The van der Waals surface area contributed by atoms with Gasteiger partial charge in [-0.3, -0.25) is 4.79 Å². The summed E-state index contributed by atoms with van der Waals surface area (Å²) in [7, 11) is 0. The van der Waals surface area contributed by atoms with Crippen molar-refractivity contribution in [3.8, 4) is 11.5 Å². The molecule has 7 nitrogen and oxygen atoms in total. The van der Waals surface area contributed by atoms with Gasteiger partial charge in [0.1, 0.15) is 12.2 Å². The minimum atomic E-state index is -0.756. The second kappa shape index (κ2) is 7.55. The third kappa shape index (κ3) is 2.89. The molecule has 4 aliphatic rings. The molecule has 1 amide bonds. The Bertz CT molecular complexity index is 942. The molecule has 2 bridgehead atoms. The minimum Gasteiger partial charge on any atom is -0.482 e. The van der Waals surface area contributed by atoms with Crippen molar-refractivity contribution in [2.45, 2.75) is 69.6 Å². The summed E-state index contributed by atoms with van der Waals surface area (Å²) in [5.74, 6) is 0.762. The average molecular weight is 427 g/mol. The molecular weight excluding hydrogens is 398 g/mol. The summed E-state index contributed by atoms with van der Waals surface area (Å²) in [6, 6.07) is 3.72. The van der Waals surface area contributed by atoms with Crippen LogP contribution in [0.15, 0.2) is 24.3 Å². The lowest BCUT2D eigenvalue weighted by molar-refractivity contribution is -0.134. The number of hydrogen-bond acceptors (Lipinski definition) is 6. The number of nitrogens with zero attached hydrogens (tertiary/aromatic N) is 1. The summed E-state index contributed by atoms with van der Waals surface area (Å²) >= 11 is 0. The zero-order chi connectivity index (χ0) is 21.8. The monoisotopic (exact) mass is 427 g/mol. The van der Waals surface area contributed by atoms with Crippen molar-refractivity contribution in [1.29, 1.82) is 0 Å². The number of unbranched alkanes of at least 4 members (excludes halogenated alkanes) is 1. The Hall–Kier alpha value is -2.54. The smallest absolute Gasteiger partial charge is 0.410 e. The number of carbonyl (C=O) groups is 2. The molecule has 5 atom stereocenters. The topological polar surface area (TPSA) is 85.3 Å². The highest BCUT2D eigenvalue weighted by atomic mass is 16.6.